The normalized spacial score (nSPS) is 19.6. The van der Waals surface area contributed by atoms with Crippen LogP contribution in [-0.2, 0) is 16.1 Å². The largest absolute Gasteiger partial charge is 0.469 e. The molecule has 0 bridgehead atoms. The smallest absolute Gasteiger partial charge is 0.350 e. The molecule has 7 nitrogen and oxygen atoms in total. The van der Waals surface area contributed by atoms with Crippen LogP contribution in [0, 0.1) is 5.41 Å². The van der Waals surface area contributed by atoms with Gasteiger partial charge in [-0.3, -0.25) is 9.36 Å². The standard InChI is InChI=1S/C20H28N4O3S/c1-5-12-24-17-15(18(28-4)23-19(24)26)21-16(22-17)13-6-9-20(2,10-7-13)11-8-14(25)27-3/h6H,5,7-12H2,1-4H3,(H,21,22). The third kappa shape index (κ3) is 4.16. The third-order valence-electron chi connectivity index (χ3n) is 5.53. The fraction of sp³-hybridized carbons (Fsp3) is 0.600. The van der Waals surface area contributed by atoms with Crippen LogP contribution in [0.5, 0.6) is 0 Å². The van der Waals surface area contributed by atoms with Crippen molar-refractivity contribution in [1.29, 1.82) is 0 Å². The minimum absolute atomic E-state index is 0.0972. The van der Waals surface area contributed by atoms with E-state index in [2.05, 4.69) is 23.0 Å². The first-order chi connectivity index (χ1) is 13.4. The van der Waals surface area contributed by atoms with E-state index in [0.717, 1.165) is 49.0 Å². The lowest BCUT2D eigenvalue weighted by Crippen LogP contribution is -2.24. The third-order valence-corrected chi connectivity index (χ3v) is 6.21. The maximum Gasteiger partial charge on any atom is 0.350 e. The molecule has 2 aromatic heterocycles. The molecule has 28 heavy (non-hydrogen) atoms. The number of nitrogens with one attached hydrogen (secondary N) is 1. The Labute approximate surface area is 169 Å². The number of thioether (sulfide) groups is 1. The molecule has 0 radical (unpaired) electrons. The zero-order valence-electron chi connectivity index (χ0n) is 17.0. The number of carbonyl (C=O) groups is 1. The molecule has 3 rings (SSSR count). The van der Waals surface area contributed by atoms with Gasteiger partial charge in [0.2, 0.25) is 0 Å². The van der Waals surface area contributed by atoms with Crippen LogP contribution in [0.15, 0.2) is 15.9 Å². The first-order valence-corrected chi connectivity index (χ1v) is 10.9. The molecule has 8 heteroatoms. The minimum atomic E-state index is -0.246. The summed E-state index contributed by atoms with van der Waals surface area (Å²) in [4.78, 5) is 36.2. The molecule has 0 saturated carbocycles. The molecule has 0 spiro atoms. The summed E-state index contributed by atoms with van der Waals surface area (Å²) < 4.78 is 6.42. The summed E-state index contributed by atoms with van der Waals surface area (Å²) in [5.74, 6) is 0.664. The first-order valence-electron chi connectivity index (χ1n) is 9.71. The Kier molecular flexibility index (Phi) is 6.27. The highest BCUT2D eigenvalue weighted by atomic mass is 32.2. The number of methoxy groups -OCH3 is 1. The number of carbonyl (C=O) groups excluding carboxylic acids is 1. The summed E-state index contributed by atoms with van der Waals surface area (Å²) in [5, 5.41) is 0.686. The summed E-state index contributed by atoms with van der Waals surface area (Å²) in [6.45, 7) is 4.86. The molecule has 0 fully saturated rings. The lowest BCUT2D eigenvalue weighted by atomic mass is 9.73. The SMILES string of the molecule is CCCn1c(=O)nc(SC)c2[nH]c(C3=CCC(C)(CCC(=O)OC)CC3)nc21. The van der Waals surface area contributed by atoms with Crippen molar-refractivity contribution in [1.82, 2.24) is 19.5 Å². The molecule has 2 aromatic rings. The van der Waals surface area contributed by atoms with E-state index in [-0.39, 0.29) is 17.1 Å². The number of imidazole rings is 1. The Hall–Kier alpha value is -2.09. The van der Waals surface area contributed by atoms with E-state index in [1.54, 1.807) is 4.57 Å². The summed E-state index contributed by atoms with van der Waals surface area (Å²) in [7, 11) is 1.43. The van der Waals surface area contributed by atoms with Crippen LogP contribution in [0.25, 0.3) is 16.7 Å². The van der Waals surface area contributed by atoms with Crippen molar-refractivity contribution in [2.24, 2.45) is 5.41 Å². The Morgan fingerprint density at radius 2 is 2.21 bits per heavy atom. The molecule has 1 aliphatic carbocycles. The Morgan fingerprint density at radius 1 is 1.43 bits per heavy atom. The fourth-order valence-corrected chi connectivity index (χ4v) is 4.20. The number of fused-ring (bicyclic) bond motifs is 1. The number of hydrogen-bond donors (Lipinski definition) is 1. The van der Waals surface area contributed by atoms with Crippen molar-refractivity contribution in [3.05, 3.63) is 22.4 Å². The average Bonchev–Trinajstić information content (AvgIpc) is 3.14. The van der Waals surface area contributed by atoms with Gasteiger partial charge in [0.1, 0.15) is 16.4 Å². The number of nitrogens with zero attached hydrogens (tertiary/aromatic N) is 3. The number of rotatable bonds is 7. The molecule has 1 aliphatic rings. The van der Waals surface area contributed by atoms with Gasteiger partial charge in [-0.1, -0.05) is 19.9 Å². The number of aryl methyl sites for hydroxylation is 1. The number of H-pyrrole nitrogens is 1. The highest BCUT2D eigenvalue weighted by Crippen LogP contribution is 2.41. The van der Waals surface area contributed by atoms with Crippen LogP contribution in [0.3, 0.4) is 0 Å². The summed E-state index contributed by atoms with van der Waals surface area (Å²) in [6, 6.07) is 0. The summed E-state index contributed by atoms with van der Waals surface area (Å²) in [5.41, 5.74) is 2.52. The lowest BCUT2D eigenvalue weighted by Gasteiger charge is -2.32. The number of hydrogen-bond acceptors (Lipinski definition) is 6. The minimum Gasteiger partial charge on any atom is -0.469 e. The van der Waals surface area contributed by atoms with E-state index in [9.17, 15) is 9.59 Å². The molecule has 0 amide bonds. The quantitative estimate of drug-likeness (QED) is 0.429. The van der Waals surface area contributed by atoms with Gasteiger partial charge in [0.15, 0.2) is 5.65 Å². The number of aromatic amines is 1. The average molecular weight is 405 g/mol. The predicted octanol–water partition coefficient (Wildman–Crippen LogP) is 3.78. The molecule has 0 aromatic carbocycles. The van der Waals surface area contributed by atoms with Crippen molar-refractivity contribution in [3.63, 3.8) is 0 Å². The van der Waals surface area contributed by atoms with Gasteiger partial charge in [0.25, 0.3) is 0 Å². The second kappa shape index (κ2) is 8.51. The number of ether oxygens (including phenoxy) is 1. The molecule has 152 valence electrons. The van der Waals surface area contributed by atoms with Gasteiger partial charge < -0.3 is 9.72 Å². The molecular formula is C20H28N4O3S. The zero-order chi connectivity index (χ0) is 20.3. The molecule has 1 atom stereocenters. The van der Waals surface area contributed by atoms with Crippen molar-refractivity contribution in [2.45, 2.75) is 63.9 Å². The molecular weight excluding hydrogens is 376 g/mol. The van der Waals surface area contributed by atoms with Crippen molar-refractivity contribution in [2.75, 3.05) is 13.4 Å². The van der Waals surface area contributed by atoms with Crippen LogP contribution < -0.4 is 5.69 Å². The van der Waals surface area contributed by atoms with Gasteiger partial charge >= 0.3 is 11.7 Å². The van der Waals surface area contributed by atoms with Crippen LogP contribution in [0.4, 0.5) is 0 Å². The van der Waals surface area contributed by atoms with E-state index in [1.807, 2.05) is 13.2 Å². The van der Waals surface area contributed by atoms with Crippen LogP contribution in [0.2, 0.25) is 0 Å². The Balaban J connectivity index is 1.89. The van der Waals surface area contributed by atoms with Crippen molar-refractivity contribution >= 4 is 34.5 Å². The van der Waals surface area contributed by atoms with Gasteiger partial charge in [-0.25, -0.2) is 9.78 Å². The fourth-order valence-electron chi connectivity index (χ4n) is 3.69. The molecule has 2 heterocycles. The number of allylic oxidation sites excluding steroid dienone is 2. The van der Waals surface area contributed by atoms with E-state index < -0.39 is 0 Å². The van der Waals surface area contributed by atoms with Gasteiger partial charge in [0.05, 0.1) is 7.11 Å². The van der Waals surface area contributed by atoms with Gasteiger partial charge in [-0.2, -0.15) is 4.98 Å². The van der Waals surface area contributed by atoms with Crippen LogP contribution in [-0.4, -0.2) is 38.9 Å². The Morgan fingerprint density at radius 3 is 2.82 bits per heavy atom. The topological polar surface area (TPSA) is 89.9 Å². The van der Waals surface area contributed by atoms with Gasteiger partial charge in [0, 0.05) is 13.0 Å². The van der Waals surface area contributed by atoms with E-state index in [4.69, 9.17) is 9.72 Å². The highest BCUT2D eigenvalue weighted by molar-refractivity contribution is 7.98. The first kappa shape index (κ1) is 20.6. The van der Waals surface area contributed by atoms with E-state index in [1.165, 1.54) is 18.9 Å². The monoisotopic (exact) mass is 404 g/mol. The molecule has 0 saturated heterocycles. The van der Waals surface area contributed by atoms with Gasteiger partial charge in [-0.05, 0) is 49.3 Å². The van der Waals surface area contributed by atoms with Crippen molar-refractivity contribution < 1.29 is 9.53 Å². The maximum atomic E-state index is 12.4. The molecule has 0 aliphatic heterocycles. The van der Waals surface area contributed by atoms with E-state index in [0.29, 0.717) is 23.6 Å². The predicted molar refractivity (Wildman–Crippen MR) is 111 cm³/mol. The summed E-state index contributed by atoms with van der Waals surface area (Å²) >= 11 is 1.45. The lowest BCUT2D eigenvalue weighted by molar-refractivity contribution is -0.141. The number of aromatic nitrogens is 4. The molecule has 1 N–H and O–H groups in total. The summed E-state index contributed by atoms with van der Waals surface area (Å²) in [6.07, 6.45) is 9.02. The zero-order valence-corrected chi connectivity index (χ0v) is 17.8. The van der Waals surface area contributed by atoms with Gasteiger partial charge in [-0.15, -0.1) is 11.8 Å². The van der Waals surface area contributed by atoms with Crippen LogP contribution >= 0.6 is 11.8 Å². The van der Waals surface area contributed by atoms with Crippen LogP contribution in [0.1, 0.15) is 58.2 Å². The van der Waals surface area contributed by atoms with E-state index >= 15 is 0 Å². The highest BCUT2D eigenvalue weighted by Gasteiger charge is 2.29. The number of esters is 1. The maximum absolute atomic E-state index is 12.4. The second-order valence-electron chi connectivity index (χ2n) is 7.66. The Bertz CT molecular complexity index is 962. The molecule has 1 unspecified atom stereocenters. The van der Waals surface area contributed by atoms with Crippen molar-refractivity contribution in [3.8, 4) is 0 Å². The second-order valence-corrected chi connectivity index (χ2v) is 8.45.